The Morgan fingerprint density at radius 1 is 1.07 bits per heavy atom. The van der Waals surface area contributed by atoms with E-state index >= 15 is 4.39 Å². The number of aromatic nitrogens is 7. The van der Waals surface area contributed by atoms with E-state index in [2.05, 4.69) is 25.5 Å². The number of hydrogen-bond acceptors (Lipinski definition) is 6. The van der Waals surface area contributed by atoms with E-state index in [0.717, 1.165) is 12.1 Å². The molecule has 3 N–H and O–H groups in total. The number of nitrogen functional groups attached to an aromatic ring is 1. The maximum Gasteiger partial charge on any atom is 0.421 e. The van der Waals surface area contributed by atoms with Crippen molar-refractivity contribution in [3.63, 3.8) is 0 Å². The predicted molar refractivity (Wildman–Crippen MR) is 136 cm³/mol. The van der Waals surface area contributed by atoms with Crippen LogP contribution in [0.15, 0.2) is 53.6 Å². The summed E-state index contributed by atoms with van der Waals surface area (Å²) in [5.74, 6) is -3.01. The van der Waals surface area contributed by atoms with E-state index in [1.807, 2.05) is 6.07 Å². The van der Waals surface area contributed by atoms with Gasteiger partial charge in [0.15, 0.2) is 0 Å². The van der Waals surface area contributed by atoms with Crippen LogP contribution in [-0.2, 0) is 6.18 Å². The quantitative estimate of drug-likeness (QED) is 0.223. The fraction of sp³-hybridized carbons (Fsp3) is 0.192. The summed E-state index contributed by atoms with van der Waals surface area (Å²) in [5.41, 5.74) is 3.53. The number of hydrogen-bond donors (Lipinski definition) is 2. The van der Waals surface area contributed by atoms with Crippen molar-refractivity contribution in [2.24, 2.45) is 5.92 Å². The number of H-pyrrole nitrogens is 1. The van der Waals surface area contributed by atoms with Gasteiger partial charge in [0, 0.05) is 39.5 Å². The highest BCUT2D eigenvalue weighted by Crippen LogP contribution is 2.60. The Morgan fingerprint density at radius 3 is 2.61 bits per heavy atom. The molecule has 4 heterocycles. The SMILES string of the molecule is Nc1ccc(-c2nc(C3C4CC4c4cc(-c5cc(Cl)ccc5-n5cnnn5)cc(=O)n43)[nH]c2F)c(F)c1C(F)(F)F. The highest BCUT2D eigenvalue weighted by Gasteiger charge is 2.54. The van der Waals surface area contributed by atoms with Gasteiger partial charge in [0.2, 0.25) is 5.95 Å². The van der Waals surface area contributed by atoms with Crippen LogP contribution in [0.2, 0.25) is 5.02 Å². The second-order valence-electron chi connectivity index (χ2n) is 9.92. The Balaban J connectivity index is 1.32. The lowest BCUT2D eigenvalue weighted by Gasteiger charge is -2.17. The van der Waals surface area contributed by atoms with E-state index in [0.29, 0.717) is 34.0 Å². The van der Waals surface area contributed by atoms with Crippen molar-refractivity contribution in [1.29, 1.82) is 0 Å². The zero-order valence-corrected chi connectivity index (χ0v) is 21.3. The number of rotatable bonds is 4. The lowest BCUT2D eigenvalue weighted by atomic mass is 10.0. The van der Waals surface area contributed by atoms with Gasteiger partial charge < -0.3 is 15.3 Å². The number of anilines is 1. The number of aromatic amines is 1. The fourth-order valence-electron chi connectivity index (χ4n) is 5.72. The lowest BCUT2D eigenvalue weighted by Crippen LogP contribution is -2.26. The van der Waals surface area contributed by atoms with E-state index < -0.39 is 52.1 Å². The zero-order valence-electron chi connectivity index (χ0n) is 20.5. The zero-order chi connectivity index (χ0) is 28.8. The van der Waals surface area contributed by atoms with Crippen LogP contribution in [0.4, 0.5) is 27.6 Å². The van der Waals surface area contributed by atoms with Crippen molar-refractivity contribution in [2.45, 2.75) is 24.6 Å². The second kappa shape index (κ2) is 8.70. The third-order valence-corrected chi connectivity index (χ3v) is 7.77. The van der Waals surface area contributed by atoms with Gasteiger partial charge in [-0.25, -0.2) is 9.37 Å². The minimum atomic E-state index is -5.09. The maximum atomic E-state index is 15.1. The highest BCUT2D eigenvalue weighted by molar-refractivity contribution is 6.31. The van der Waals surface area contributed by atoms with Gasteiger partial charge in [-0.1, -0.05) is 11.6 Å². The number of pyridine rings is 1. The van der Waals surface area contributed by atoms with Gasteiger partial charge in [-0.2, -0.15) is 22.2 Å². The van der Waals surface area contributed by atoms with Crippen LogP contribution in [0.3, 0.4) is 0 Å². The van der Waals surface area contributed by atoms with Crippen LogP contribution in [0.1, 0.15) is 35.5 Å². The van der Waals surface area contributed by atoms with Gasteiger partial charge in [-0.15, -0.1) is 5.10 Å². The standard InChI is InChI=1S/C26H16ClF5N8O/c27-11-1-4-17(39-9-34-37-38-39)13(7-11)10-5-18-14-8-15(14)23(40(18)19(41)6-10)25-35-22(24(29)36-25)12-2-3-16(33)20(21(12)28)26(30,31)32/h1-7,9,14-15,23H,8,33H2,(H,35,36). The third-order valence-electron chi connectivity index (χ3n) is 7.54. The molecule has 2 aromatic carbocycles. The number of benzene rings is 2. The molecule has 1 aliphatic heterocycles. The predicted octanol–water partition coefficient (Wildman–Crippen LogP) is 5.12. The molecule has 2 aliphatic rings. The summed E-state index contributed by atoms with van der Waals surface area (Å²) in [6.07, 6.45) is -3.01. The summed E-state index contributed by atoms with van der Waals surface area (Å²) in [4.78, 5) is 20.1. The molecule has 15 heteroatoms. The Kier molecular flexibility index (Phi) is 5.39. The molecule has 3 atom stereocenters. The Hall–Kier alpha value is -4.59. The molecule has 3 unspecified atom stereocenters. The lowest BCUT2D eigenvalue weighted by molar-refractivity contribution is -0.139. The van der Waals surface area contributed by atoms with Crippen LogP contribution >= 0.6 is 11.6 Å². The molecule has 9 nitrogen and oxygen atoms in total. The maximum absolute atomic E-state index is 15.1. The minimum absolute atomic E-state index is 0.000480. The van der Waals surface area contributed by atoms with Gasteiger partial charge in [-0.05, 0) is 64.7 Å². The van der Waals surface area contributed by atoms with E-state index in [9.17, 15) is 22.4 Å². The third kappa shape index (κ3) is 3.92. The monoisotopic (exact) mass is 586 g/mol. The number of nitrogens with two attached hydrogens (primary N) is 1. The van der Waals surface area contributed by atoms with Crippen molar-refractivity contribution in [3.05, 3.63) is 93.0 Å². The molecule has 5 aromatic rings. The van der Waals surface area contributed by atoms with Gasteiger partial charge in [0.05, 0.1) is 11.7 Å². The van der Waals surface area contributed by atoms with E-state index in [1.54, 1.807) is 18.2 Å². The smallest absolute Gasteiger partial charge is 0.398 e. The van der Waals surface area contributed by atoms with Crippen molar-refractivity contribution in [1.82, 2.24) is 34.7 Å². The first-order chi connectivity index (χ1) is 19.5. The molecule has 0 spiro atoms. The van der Waals surface area contributed by atoms with Crippen molar-refractivity contribution in [2.75, 3.05) is 5.73 Å². The molecular weight excluding hydrogens is 571 g/mol. The van der Waals surface area contributed by atoms with E-state index in [1.165, 1.54) is 21.6 Å². The van der Waals surface area contributed by atoms with Crippen LogP contribution in [0.5, 0.6) is 0 Å². The molecule has 0 amide bonds. The number of alkyl halides is 3. The molecule has 0 radical (unpaired) electrons. The minimum Gasteiger partial charge on any atom is -0.398 e. The summed E-state index contributed by atoms with van der Waals surface area (Å²) in [6.45, 7) is 0. The first-order valence-corrected chi connectivity index (χ1v) is 12.6. The molecule has 0 bridgehead atoms. The molecule has 1 fully saturated rings. The summed E-state index contributed by atoms with van der Waals surface area (Å²) >= 11 is 6.26. The first-order valence-electron chi connectivity index (χ1n) is 12.2. The van der Waals surface area contributed by atoms with Crippen LogP contribution in [0.25, 0.3) is 28.1 Å². The number of fused-ring (bicyclic) bond motifs is 3. The van der Waals surface area contributed by atoms with Crippen molar-refractivity contribution >= 4 is 17.3 Å². The van der Waals surface area contributed by atoms with E-state index in [4.69, 9.17) is 17.3 Å². The molecule has 1 aliphatic carbocycles. The molecule has 0 saturated heterocycles. The highest BCUT2D eigenvalue weighted by atomic mass is 35.5. The number of imidazole rings is 1. The van der Waals surface area contributed by atoms with Crippen LogP contribution in [-0.4, -0.2) is 34.7 Å². The molecule has 208 valence electrons. The number of tetrazole rings is 1. The van der Waals surface area contributed by atoms with Gasteiger partial charge in [0.1, 0.15) is 29.2 Å². The number of nitrogens with zero attached hydrogens (tertiary/aromatic N) is 6. The topological polar surface area (TPSA) is 120 Å². The largest absolute Gasteiger partial charge is 0.421 e. The summed E-state index contributed by atoms with van der Waals surface area (Å²) < 4.78 is 73.1. The van der Waals surface area contributed by atoms with Gasteiger partial charge in [-0.3, -0.25) is 4.79 Å². The van der Waals surface area contributed by atoms with Gasteiger partial charge in [0.25, 0.3) is 5.56 Å². The second-order valence-corrected chi connectivity index (χ2v) is 10.4. The molecule has 41 heavy (non-hydrogen) atoms. The molecule has 3 aromatic heterocycles. The van der Waals surface area contributed by atoms with Crippen LogP contribution in [0, 0.1) is 17.7 Å². The van der Waals surface area contributed by atoms with Gasteiger partial charge >= 0.3 is 6.18 Å². The number of halogens is 6. The summed E-state index contributed by atoms with van der Waals surface area (Å²) in [6, 6.07) is 9.37. The normalized spacial score (nSPS) is 19.3. The van der Waals surface area contributed by atoms with E-state index in [-0.39, 0.29) is 17.7 Å². The Labute approximate surface area is 231 Å². The van der Waals surface area contributed by atoms with Crippen LogP contribution < -0.4 is 11.3 Å². The average molecular weight is 587 g/mol. The first kappa shape index (κ1) is 25.4. The summed E-state index contributed by atoms with van der Waals surface area (Å²) in [5, 5.41) is 11.7. The average Bonchev–Trinajstić information content (AvgIpc) is 3.21. The van der Waals surface area contributed by atoms with Crippen molar-refractivity contribution < 1.29 is 22.0 Å². The summed E-state index contributed by atoms with van der Waals surface area (Å²) in [7, 11) is 0. The molecule has 1 saturated carbocycles. The Bertz CT molecular complexity index is 1920. The molecule has 7 rings (SSSR count). The fourth-order valence-corrected chi connectivity index (χ4v) is 5.89. The molecular formula is C26H16ClF5N8O. The Morgan fingerprint density at radius 2 is 1.88 bits per heavy atom. The van der Waals surface area contributed by atoms with Crippen molar-refractivity contribution in [3.8, 4) is 28.1 Å². The number of nitrogens with one attached hydrogen (secondary N) is 1.